The topological polar surface area (TPSA) is 59.3 Å². The van der Waals surface area contributed by atoms with Gasteiger partial charge in [-0.1, -0.05) is 90.4 Å². The van der Waals surface area contributed by atoms with Gasteiger partial charge in [-0.3, -0.25) is 0 Å². The minimum absolute atomic E-state index is 0.0639. The fourth-order valence-electron chi connectivity index (χ4n) is 5.44. The van der Waals surface area contributed by atoms with Crippen molar-refractivity contribution in [3.05, 3.63) is 59.4 Å². The Morgan fingerprint density at radius 1 is 0.842 bits per heavy atom. The summed E-state index contributed by atoms with van der Waals surface area (Å²) < 4.78 is 24.8. The molecule has 5 heteroatoms. The summed E-state index contributed by atoms with van der Waals surface area (Å²) in [5.41, 5.74) is 0.263. The molecule has 0 aliphatic heterocycles. The van der Waals surface area contributed by atoms with Gasteiger partial charge in [0.1, 0.15) is 23.4 Å². The molecule has 206 valence electrons. The van der Waals surface area contributed by atoms with Crippen molar-refractivity contribution in [1.29, 1.82) is 5.26 Å². The van der Waals surface area contributed by atoms with Gasteiger partial charge >= 0.3 is 5.97 Å². The van der Waals surface area contributed by atoms with Crippen molar-refractivity contribution in [2.75, 3.05) is 6.61 Å². The maximum Gasteiger partial charge on any atom is 0.343 e. The first-order valence-electron chi connectivity index (χ1n) is 14.7. The number of unbranched alkanes of at least 4 members (excludes halogenated alkanes) is 7. The number of nitriles is 1. The van der Waals surface area contributed by atoms with E-state index in [1.54, 1.807) is 30.3 Å². The van der Waals surface area contributed by atoms with Crippen molar-refractivity contribution in [3.8, 4) is 17.6 Å². The fourth-order valence-corrected chi connectivity index (χ4v) is 5.44. The van der Waals surface area contributed by atoms with Crippen LogP contribution in [0.5, 0.6) is 11.5 Å². The zero-order chi connectivity index (χ0) is 27.0. The maximum absolute atomic E-state index is 13.7. The van der Waals surface area contributed by atoms with E-state index in [1.165, 1.54) is 102 Å². The van der Waals surface area contributed by atoms with Crippen molar-refractivity contribution in [2.45, 2.75) is 103 Å². The Morgan fingerprint density at radius 3 is 2.03 bits per heavy atom. The van der Waals surface area contributed by atoms with E-state index in [0.717, 1.165) is 30.1 Å². The van der Waals surface area contributed by atoms with Gasteiger partial charge in [-0.2, -0.15) is 5.26 Å². The highest BCUT2D eigenvalue weighted by Crippen LogP contribution is 2.34. The molecule has 2 aromatic carbocycles. The first-order chi connectivity index (χ1) is 18.6. The summed E-state index contributed by atoms with van der Waals surface area (Å²) in [4.78, 5) is 12.3. The van der Waals surface area contributed by atoms with E-state index in [2.05, 4.69) is 6.92 Å². The van der Waals surface area contributed by atoms with Crippen LogP contribution in [-0.2, 0) is 0 Å². The van der Waals surface area contributed by atoms with Crippen LogP contribution in [0.4, 0.5) is 4.39 Å². The lowest BCUT2D eigenvalue weighted by atomic mass is 9.78. The van der Waals surface area contributed by atoms with Crippen LogP contribution >= 0.6 is 0 Å². The Kier molecular flexibility index (Phi) is 13.2. The number of esters is 1. The Balaban J connectivity index is 1.25. The summed E-state index contributed by atoms with van der Waals surface area (Å²) in [7, 11) is 0. The van der Waals surface area contributed by atoms with Crippen molar-refractivity contribution in [1.82, 2.24) is 0 Å². The standard InChI is InChI=1S/C33H44FNO3/c1-2-3-4-5-6-7-8-9-11-26-13-15-27(16-14-26)12-10-23-37-30-20-17-28(18-21-30)33(36)38-31-22-19-29(25-35)32(34)24-31/h17-22,24,26-27H,2-16,23H2,1H3/t26-,27-. The van der Waals surface area contributed by atoms with Crippen molar-refractivity contribution < 1.29 is 18.7 Å². The highest BCUT2D eigenvalue weighted by molar-refractivity contribution is 5.91. The molecule has 3 rings (SSSR count). The van der Waals surface area contributed by atoms with Crippen LogP contribution in [0, 0.1) is 29.0 Å². The zero-order valence-electron chi connectivity index (χ0n) is 23.1. The first-order valence-corrected chi connectivity index (χ1v) is 14.7. The third kappa shape index (κ3) is 10.5. The van der Waals surface area contributed by atoms with Crippen LogP contribution in [0.15, 0.2) is 42.5 Å². The van der Waals surface area contributed by atoms with E-state index < -0.39 is 11.8 Å². The van der Waals surface area contributed by atoms with Crippen molar-refractivity contribution >= 4 is 5.97 Å². The smallest absolute Gasteiger partial charge is 0.343 e. The van der Waals surface area contributed by atoms with Gasteiger partial charge in [0.15, 0.2) is 0 Å². The molecule has 1 aliphatic rings. The summed E-state index contributed by atoms with van der Waals surface area (Å²) in [5.74, 6) is 1.27. The minimum Gasteiger partial charge on any atom is -0.494 e. The largest absolute Gasteiger partial charge is 0.494 e. The summed E-state index contributed by atoms with van der Waals surface area (Å²) in [6, 6.07) is 12.3. The van der Waals surface area contributed by atoms with E-state index in [0.29, 0.717) is 12.2 Å². The predicted octanol–water partition coefficient (Wildman–Crippen LogP) is 9.41. The number of hydrogen-bond donors (Lipinski definition) is 0. The van der Waals surface area contributed by atoms with Gasteiger partial charge in [-0.25, -0.2) is 9.18 Å². The molecule has 0 spiro atoms. The Morgan fingerprint density at radius 2 is 1.42 bits per heavy atom. The number of carbonyl (C=O) groups excluding carboxylic acids is 1. The second kappa shape index (κ2) is 16.9. The number of hydrogen-bond acceptors (Lipinski definition) is 4. The number of ether oxygens (including phenoxy) is 2. The molecule has 0 atom stereocenters. The lowest BCUT2D eigenvalue weighted by molar-refractivity contribution is 0.0734. The molecule has 38 heavy (non-hydrogen) atoms. The third-order valence-electron chi connectivity index (χ3n) is 7.82. The fraction of sp³-hybridized carbons (Fsp3) is 0.576. The number of rotatable bonds is 16. The Labute approximate surface area is 228 Å². The summed E-state index contributed by atoms with van der Waals surface area (Å²) in [5, 5.41) is 8.80. The molecule has 0 radical (unpaired) electrons. The molecule has 2 aromatic rings. The van der Waals surface area contributed by atoms with E-state index in [4.69, 9.17) is 14.7 Å². The van der Waals surface area contributed by atoms with Gasteiger partial charge in [0.25, 0.3) is 0 Å². The molecule has 0 unspecified atom stereocenters. The van der Waals surface area contributed by atoms with Crippen molar-refractivity contribution in [2.24, 2.45) is 11.8 Å². The van der Waals surface area contributed by atoms with Crippen LogP contribution in [-0.4, -0.2) is 12.6 Å². The quantitative estimate of drug-likeness (QED) is 0.125. The summed E-state index contributed by atoms with van der Waals surface area (Å²) >= 11 is 0. The van der Waals surface area contributed by atoms with Crippen molar-refractivity contribution in [3.63, 3.8) is 0 Å². The zero-order valence-corrected chi connectivity index (χ0v) is 23.1. The van der Waals surface area contributed by atoms with Gasteiger partial charge in [0.05, 0.1) is 17.7 Å². The molecule has 0 saturated heterocycles. The second-order valence-corrected chi connectivity index (χ2v) is 10.8. The van der Waals surface area contributed by atoms with E-state index >= 15 is 0 Å². The van der Waals surface area contributed by atoms with Crippen LogP contribution in [0.2, 0.25) is 0 Å². The molecule has 1 saturated carbocycles. The van der Waals surface area contributed by atoms with Gasteiger partial charge in [0, 0.05) is 6.07 Å². The monoisotopic (exact) mass is 521 g/mol. The SMILES string of the molecule is CCCCCCCCCC[C@H]1CC[C@H](CCCOc2ccc(C(=O)Oc3ccc(C#N)c(F)c3)cc2)CC1. The van der Waals surface area contributed by atoms with Gasteiger partial charge < -0.3 is 9.47 Å². The molecular weight excluding hydrogens is 477 g/mol. The molecule has 0 aromatic heterocycles. The van der Waals surface area contributed by atoms with Crippen LogP contribution in [0.1, 0.15) is 119 Å². The predicted molar refractivity (Wildman–Crippen MR) is 150 cm³/mol. The highest BCUT2D eigenvalue weighted by atomic mass is 19.1. The Hall–Kier alpha value is -2.87. The van der Waals surface area contributed by atoms with Gasteiger partial charge in [-0.05, 0) is 61.1 Å². The average molecular weight is 522 g/mol. The lowest BCUT2D eigenvalue weighted by Crippen LogP contribution is -2.15. The molecule has 0 amide bonds. The average Bonchev–Trinajstić information content (AvgIpc) is 2.94. The highest BCUT2D eigenvalue weighted by Gasteiger charge is 2.20. The number of benzene rings is 2. The molecule has 0 N–H and O–H groups in total. The van der Waals surface area contributed by atoms with E-state index in [9.17, 15) is 9.18 Å². The molecule has 1 aliphatic carbocycles. The number of nitrogens with zero attached hydrogens (tertiary/aromatic N) is 1. The molecule has 1 fully saturated rings. The summed E-state index contributed by atoms with van der Waals surface area (Å²) in [6.07, 6.45) is 20.5. The first kappa shape index (κ1) is 29.7. The molecule has 0 heterocycles. The van der Waals surface area contributed by atoms with Crippen LogP contribution < -0.4 is 9.47 Å². The number of halogens is 1. The molecule has 4 nitrogen and oxygen atoms in total. The molecular formula is C33H44FNO3. The maximum atomic E-state index is 13.7. The number of carbonyl (C=O) groups is 1. The van der Waals surface area contributed by atoms with Gasteiger partial charge in [-0.15, -0.1) is 0 Å². The molecule has 0 bridgehead atoms. The van der Waals surface area contributed by atoms with Crippen LogP contribution in [0.3, 0.4) is 0 Å². The van der Waals surface area contributed by atoms with E-state index in [1.807, 2.05) is 0 Å². The summed E-state index contributed by atoms with van der Waals surface area (Å²) in [6.45, 7) is 2.95. The Bertz CT molecular complexity index is 1010. The van der Waals surface area contributed by atoms with Crippen LogP contribution in [0.25, 0.3) is 0 Å². The normalized spacial score (nSPS) is 17.1. The third-order valence-corrected chi connectivity index (χ3v) is 7.82. The van der Waals surface area contributed by atoms with E-state index in [-0.39, 0.29) is 11.3 Å². The second-order valence-electron chi connectivity index (χ2n) is 10.8. The minimum atomic E-state index is -0.714. The van der Waals surface area contributed by atoms with Gasteiger partial charge in [0.2, 0.25) is 0 Å². The lowest BCUT2D eigenvalue weighted by Gasteiger charge is -2.28.